The predicted molar refractivity (Wildman–Crippen MR) is 114 cm³/mol. The minimum Gasteiger partial charge on any atom is -0.356 e. The molecule has 0 spiro atoms. The lowest BCUT2D eigenvalue weighted by molar-refractivity contribution is 0.533. The zero-order valence-corrected chi connectivity index (χ0v) is 17.1. The number of aromatic nitrogens is 4. The van der Waals surface area contributed by atoms with Crippen LogP contribution in [-0.4, -0.2) is 45.8 Å². The van der Waals surface area contributed by atoms with Crippen molar-refractivity contribution in [1.82, 2.24) is 19.6 Å². The van der Waals surface area contributed by atoms with Crippen LogP contribution in [0.25, 0.3) is 5.65 Å². The number of pyridine rings is 1. The summed E-state index contributed by atoms with van der Waals surface area (Å²) >= 11 is 0. The van der Waals surface area contributed by atoms with Gasteiger partial charge in [0.15, 0.2) is 5.82 Å². The van der Waals surface area contributed by atoms with Crippen LogP contribution in [0.2, 0.25) is 0 Å². The van der Waals surface area contributed by atoms with Gasteiger partial charge in [-0.1, -0.05) is 26.8 Å². The Labute approximate surface area is 170 Å². The molecule has 7 nitrogen and oxygen atoms in total. The molecule has 7 heteroatoms. The molecule has 0 radical (unpaired) electrons. The molecule has 2 atom stereocenters. The Balaban J connectivity index is 1.31. The third kappa shape index (κ3) is 3.24. The highest BCUT2D eigenvalue weighted by Crippen LogP contribution is 2.35. The minimum atomic E-state index is -0.0292. The van der Waals surface area contributed by atoms with E-state index >= 15 is 0 Å². The fourth-order valence-corrected chi connectivity index (χ4v) is 4.46. The van der Waals surface area contributed by atoms with E-state index in [0.29, 0.717) is 17.5 Å². The molecule has 2 aliphatic rings. The molecule has 2 fully saturated rings. The number of hydrogen-bond donors (Lipinski definition) is 0. The van der Waals surface area contributed by atoms with Crippen molar-refractivity contribution < 1.29 is 0 Å². The molecule has 5 heterocycles. The number of anilines is 2. The van der Waals surface area contributed by atoms with E-state index in [4.69, 9.17) is 4.98 Å². The van der Waals surface area contributed by atoms with Crippen LogP contribution in [0.3, 0.4) is 0 Å². The van der Waals surface area contributed by atoms with Gasteiger partial charge in [-0.15, -0.1) is 5.10 Å². The molecule has 2 saturated heterocycles. The molecule has 3 aromatic heterocycles. The fraction of sp³-hybridized carbons (Fsp3) is 0.455. The first kappa shape index (κ1) is 18.1. The summed E-state index contributed by atoms with van der Waals surface area (Å²) in [5.74, 6) is 2.85. The van der Waals surface area contributed by atoms with Crippen molar-refractivity contribution in [2.45, 2.75) is 26.2 Å². The van der Waals surface area contributed by atoms with E-state index in [-0.39, 0.29) is 11.0 Å². The molecule has 0 amide bonds. The molecule has 0 saturated carbocycles. The van der Waals surface area contributed by atoms with Gasteiger partial charge < -0.3 is 9.80 Å². The Kier molecular flexibility index (Phi) is 4.08. The Morgan fingerprint density at radius 1 is 0.897 bits per heavy atom. The molecule has 0 bridgehead atoms. The monoisotopic (exact) mass is 390 g/mol. The first-order valence-electron chi connectivity index (χ1n) is 10.2. The van der Waals surface area contributed by atoms with E-state index in [1.54, 1.807) is 16.7 Å². The first-order valence-corrected chi connectivity index (χ1v) is 10.2. The smallest absolute Gasteiger partial charge is 0.259 e. The Bertz CT molecular complexity index is 1090. The van der Waals surface area contributed by atoms with Crippen LogP contribution in [0.4, 0.5) is 11.6 Å². The Hall–Kier alpha value is -2.96. The molecular weight excluding hydrogens is 364 g/mol. The van der Waals surface area contributed by atoms with E-state index in [9.17, 15) is 4.79 Å². The molecular formula is C22H26N6O. The molecule has 0 N–H and O–H groups in total. The summed E-state index contributed by atoms with van der Waals surface area (Å²) in [5.41, 5.74) is 1.70. The van der Waals surface area contributed by atoms with Gasteiger partial charge >= 0.3 is 0 Å². The SMILES string of the molecule is CC(C)(C)c1ccc(N2CC3CN(c4cc(=O)n5ccccc5n4)CC3C2)nn1. The third-order valence-corrected chi connectivity index (χ3v) is 6.11. The Morgan fingerprint density at radius 2 is 1.59 bits per heavy atom. The van der Waals surface area contributed by atoms with E-state index in [1.165, 1.54) is 0 Å². The molecule has 5 rings (SSSR count). The molecule has 3 aromatic rings. The predicted octanol–water partition coefficient (Wildman–Crippen LogP) is 2.35. The third-order valence-electron chi connectivity index (χ3n) is 6.11. The van der Waals surface area contributed by atoms with Crippen LogP contribution in [0.1, 0.15) is 26.5 Å². The average molecular weight is 390 g/mol. The second kappa shape index (κ2) is 6.54. The molecule has 0 aliphatic carbocycles. The van der Waals surface area contributed by atoms with Crippen molar-refractivity contribution in [2.75, 3.05) is 36.0 Å². The van der Waals surface area contributed by atoms with E-state index < -0.39 is 0 Å². The quantitative estimate of drug-likeness (QED) is 0.669. The van der Waals surface area contributed by atoms with Gasteiger partial charge in [0.2, 0.25) is 0 Å². The minimum absolute atomic E-state index is 0.0130. The number of rotatable bonds is 2. The normalized spacial score (nSPS) is 21.8. The van der Waals surface area contributed by atoms with Gasteiger partial charge in [-0.25, -0.2) is 4.98 Å². The van der Waals surface area contributed by atoms with Crippen molar-refractivity contribution in [3.05, 3.63) is 58.6 Å². The van der Waals surface area contributed by atoms with Gasteiger partial charge in [-0.05, 0) is 24.3 Å². The molecule has 0 aromatic carbocycles. The molecule has 150 valence electrons. The van der Waals surface area contributed by atoms with Crippen molar-refractivity contribution in [3.63, 3.8) is 0 Å². The summed E-state index contributed by atoms with van der Waals surface area (Å²) in [6.07, 6.45) is 1.76. The lowest BCUT2D eigenvalue weighted by atomic mass is 9.92. The summed E-state index contributed by atoms with van der Waals surface area (Å²) in [6.45, 7) is 10.2. The van der Waals surface area contributed by atoms with E-state index in [0.717, 1.165) is 43.5 Å². The van der Waals surface area contributed by atoms with Gasteiger partial charge in [-0.2, -0.15) is 5.10 Å². The highest BCUT2D eigenvalue weighted by atomic mass is 16.1. The fourth-order valence-electron chi connectivity index (χ4n) is 4.46. The second-order valence-electron chi connectivity index (χ2n) is 9.24. The lowest BCUT2D eigenvalue weighted by Crippen LogP contribution is -2.31. The molecule has 2 unspecified atom stereocenters. The zero-order chi connectivity index (χ0) is 20.2. The number of nitrogens with zero attached hydrogens (tertiary/aromatic N) is 6. The maximum atomic E-state index is 12.4. The van der Waals surface area contributed by atoms with Gasteiger partial charge in [0.05, 0.1) is 5.69 Å². The topological polar surface area (TPSA) is 66.6 Å². The largest absolute Gasteiger partial charge is 0.356 e. The Morgan fingerprint density at radius 3 is 2.21 bits per heavy atom. The number of fused-ring (bicyclic) bond motifs is 2. The van der Waals surface area contributed by atoms with E-state index in [2.05, 4.69) is 52.9 Å². The highest BCUT2D eigenvalue weighted by molar-refractivity contribution is 5.50. The van der Waals surface area contributed by atoms with Crippen molar-refractivity contribution >= 4 is 17.3 Å². The molecule has 29 heavy (non-hydrogen) atoms. The van der Waals surface area contributed by atoms with Crippen LogP contribution in [0.15, 0.2) is 47.4 Å². The van der Waals surface area contributed by atoms with Crippen LogP contribution in [0, 0.1) is 11.8 Å². The van der Waals surface area contributed by atoms with Crippen LogP contribution in [-0.2, 0) is 5.41 Å². The first-order chi connectivity index (χ1) is 13.9. The van der Waals surface area contributed by atoms with Crippen molar-refractivity contribution in [3.8, 4) is 0 Å². The van der Waals surface area contributed by atoms with Gasteiger partial charge in [0.1, 0.15) is 11.5 Å². The summed E-state index contributed by atoms with van der Waals surface area (Å²) in [7, 11) is 0. The van der Waals surface area contributed by atoms with Gasteiger partial charge in [0.25, 0.3) is 5.56 Å². The maximum absolute atomic E-state index is 12.4. The summed E-state index contributed by atoms with van der Waals surface area (Å²) < 4.78 is 1.59. The maximum Gasteiger partial charge on any atom is 0.259 e. The summed E-state index contributed by atoms with van der Waals surface area (Å²) in [4.78, 5) is 21.7. The summed E-state index contributed by atoms with van der Waals surface area (Å²) in [6, 6.07) is 11.5. The number of hydrogen-bond acceptors (Lipinski definition) is 6. The zero-order valence-electron chi connectivity index (χ0n) is 17.1. The van der Waals surface area contributed by atoms with Crippen molar-refractivity contribution in [1.29, 1.82) is 0 Å². The second-order valence-corrected chi connectivity index (χ2v) is 9.24. The highest BCUT2D eigenvalue weighted by Gasteiger charge is 2.41. The van der Waals surface area contributed by atoms with Crippen LogP contribution in [0.5, 0.6) is 0 Å². The summed E-state index contributed by atoms with van der Waals surface area (Å²) in [5, 5.41) is 8.92. The van der Waals surface area contributed by atoms with Crippen LogP contribution >= 0.6 is 0 Å². The van der Waals surface area contributed by atoms with Gasteiger partial charge in [0, 0.05) is 55.7 Å². The van der Waals surface area contributed by atoms with Gasteiger partial charge in [-0.3, -0.25) is 9.20 Å². The van der Waals surface area contributed by atoms with E-state index in [1.807, 2.05) is 18.2 Å². The van der Waals surface area contributed by atoms with Crippen LogP contribution < -0.4 is 15.4 Å². The standard InChI is InChI=1S/C22H26N6O/c1-22(2,3)17-7-8-19(25-24-17)26-11-15-13-27(14-16(15)12-26)20-10-21(29)28-9-5-4-6-18(28)23-20/h4-10,15-16H,11-14H2,1-3H3. The molecule has 2 aliphatic heterocycles. The van der Waals surface area contributed by atoms with Crippen molar-refractivity contribution in [2.24, 2.45) is 11.8 Å². The average Bonchev–Trinajstić information content (AvgIpc) is 3.27. The lowest BCUT2D eigenvalue weighted by Gasteiger charge is -2.23.